The highest BCUT2D eigenvalue weighted by molar-refractivity contribution is 7.16. The molecule has 0 aliphatic carbocycles. The standard InChI is InChI=1S/C10H23P/c1-4-5-6-7-9(2)10(3)8-11/h9-10H,4-8,11H2,1-3H3. The summed E-state index contributed by atoms with van der Waals surface area (Å²) in [5.74, 6) is 1.80. The zero-order chi connectivity index (χ0) is 8.69. The van der Waals surface area contributed by atoms with E-state index in [0.717, 1.165) is 11.8 Å². The Hall–Kier alpha value is 0.430. The second kappa shape index (κ2) is 7.10. The van der Waals surface area contributed by atoms with E-state index in [1.807, 2.05) is 0 Å². The number of unbranched alkanes of at least 4 members (excludes halogenated alkanes) is 2. The molecule has 0 amide bonds. The van der Waals surface area contributed by atoms with Crippen molar-refractivity contribution < 1.29 is 0 Å². The molecular formula is C10H23P. The molecule has 11 heavy (non-hydrogen) atoms. The van der Waals surface area contributed by atoms with Crippen molar-refractivity contribution in [2.24, 2.45) is 11.8 Å². The normalized spacial score (nSPS) is 16.4. The fourth-order valence-electron chi connectivity index (χ4n) is 1.23. The maximum Gasteiger partial charge on any atom is -0.0353 e. The van der Waals surface area contributed by atoms with Gasteiger partial charge in [0, 0.05) is 0 Å². The molecule has 68 valence electrons. The summed E-state index contributed by atoms with van der Waals surface area (Å²) < 4.78 is 0. The third-order valence-electron chi connectivity index (χ3n) is 2.61. The van der Waals surface area contributed by atoms with Gasteiger partial charge >= 0.3 is 0 Å². The van der Waals surface area contributed by atoms with Gasteiger partial charge in [0.2, 0.25) is 0 Å². The summed E-state index contributed by atoms with van der Waals surface area (Å²) in [6, 6.07) is 0. The number of hydrogen-bond acceptors (Lipinski definition) is 0. The van der Waals surface area contributed by atoms with E-state index >= 15 is 0 Å². The van der Waals surface area contributed by atoms with E-state index in [9.17, 15) is 0 Å². The first-order chi connectivity index (χ1) is 5.22. The van der Waals surface area contributed by atoms with Gasteiger partial charge in [-0.2, -0.15) is 0 Å². The van der Waals surface area contributed by atoms with Crippen molar-refractivity contribution in [3.8, 4) is 0 Å². The lowest BCUT2D eigenvalue weighted by Crippen LogP contribution is -2.08. The summed E-state index contributed by atoms with van der Waals surface area (Å²) in [7, 11) is 2.84. The highest BCUT2D eigenvalue weighted by Gasteiger charge is 2.08. The first kappa shape index (κ1) is 11.4. The first-order valence-electron chi connectivity index (χ1n) is 4.92. The van der Waals surface area contributed by atoms with Crippen molar-refractivity contribution in [3.05, 3.63) is 0 Å². The third kappa shape index (κ3) is 5.67. The molecule has 0 spiro atoms. The molecule has 0 N–H and O–H groups in total. The van der Waals surface area contributed by atoms with Crippen LogP contribution in [0.15, 0.2) is 0 Å². The predicted octanol–water partition coefficient (Wildman–Crippen LogP) is 3.71. The fraction of sp³-hybridized carbons (Fsp3) is 1.00. The Balaban J connectivity index is 3.28. The van der Waals surface area contributed by atoms with E-state index < -0.39 is 0 Å². The fourth-order valence-corrected chi connectivity index (χ4v) is 1.70. The summed E-state index contributed by atoms with van der Waals surface area (Å²) in [6.07, 6.45) is 6.86. The molecule has 0 aromatic rings. The minimum Gasteiger partial charge on any atom is -0.137 e. The van der Waals surface area contributed by atoms with Gasteiger partial charge in [0.15, 0.2) is 0 Å². The molecule has 0 bridgehead atoms. The minimum atomic E-state index is 0.886. The van der Waals surface area contributed by atoms with Crippen LogP contribution in [0.3, 0.4) is 0 Å². The van der Waals surface area contributed by atoms with Gasteiger partial charge in [0.1, 0.15) is 0 Å². The first-order valence-corrected chi connectivity index (χ1v) is 5.74. The van der Waals surface area contributed by atoms with Crippen molar-refractivity contribution in [3.63, 3.8) is 0 Å². The van der Waals surface area contributed by atoms with Crippen LogP contribution < -0.4 is 0 Å². The van der Waals surface area contributed by atoms with Crippen LogP contribution >= 0.6 is 9.24 Å². The van der Waals surface area contributed by atoms with E-state index in [0.29, 0.717) is 0 Å². The molecule has 0 aromatic heterocycles. The van der Waals surface area contributed by atoms with E-state index in [-0.39, 0.29) is 0 Å². The summed E-state index contributed by atoms with van der Waals surface area (Å²) >= 11 is 0. The van der Waals surface area contributed by atoms with Crippen LogP contribution in [0.25, 0.3) is 0 Å². The SMILES string of the molecule is CCCCCC(C)C(C)CP. The average molecular weight is 174 g/mol. The molecule has 0 aliphatic heterocycles. The summed E-state index contributed by atoms with van der Waals surface area (Å²) in [6.45, 7) is 7.00. The lowest BCUT2D eigenvalue weighted by atomic mass is 9.92. The summed E-state index contributed by atoms with van der Waals surface area (Å²) in [5.41, 5.74) is 0. The molecule has 3 unspecified atom stereocenters. The topological polar surface area (TPSA) is 0 Å². The zero-order valence-corrected chi connectivity index (χ0v) is 9.42. The maximum absolute atomic E-state index is 2.84. The second-order valence-electron chi connectivity index (χ2n) is 3.69. The molecule has 0 saturated heterocycles. The Morgan fingerprint density at radius 1 is 1.09 bits per heavy atom. The van der Waals surface area contributed by atoms with Gasteiger partial charge in [-0.15, -0.1) is 9.24 Å². The van der Waals surface area contributed by atoms with Crippen molar-refractivity contribution >= 4 is 9.24 Å². The molecule has 0 fully saturated rings. The Morgan fingerprint density at radius 2 is 1.73 bits per heavy atom. The lowest BCUT2D eigenvalue weighted by molar-refractivity contribution is 0.382. The smallest absolute Gasteiger partial charge is 0.0353 e. The molecule has 1 heteroatoms. The zero-order valence-electron chi connectivity index (χ0n) is 8.27. The highest BCUT2D eigenvalue weighted by atomic mass is 31.0. The van der Waals surface area contributed by atoms with E-state index in [4.69, 9.17) is 0 Å². The Bertz CT molecular complexity index is 80.9. The van der Waals surface area contributed by atoms with Gasteiger partial charge in [-0.1, -0.05) is 46.5 Å². The van der Waals surface area contributed by atoms with Gasteiger partial charge in [0.25, 0.3) is 0 Å². The maximum atomic E-state index is 2.84. The van der Waals surface area contributed by atoms with Crippen LogP contribution in [0.1, 0.15) is 46.5 Å². The van der Waals surface area contributed by atoms with Crippen LogP contribution in [-0.4, -0.2) is 6.16 Å². The highest BCUT2D eigenvalue weighted by Crippen LogP contribution is 2.19. The van der Waals surface area contributed by atoms with E-state index in [2.05, 4.69) is 30.0 Å². The van der Waals surface area contributed by atoms with Gasteiger partial charge < -0.3 is 0 Å². The van der Waals surface area contributed by atoms with Crippen molar-refractivity contribution in [1.29, 1.82) is 0 Å². The van der Waals surface area contributed by atoms with Gasteiger partial charge in [-0.05, 0) is 18.0 Å². The average Bonchev–Trinajstić information content (AvgIpc) is 2.03. The van der Waals surface area contributed by atoms with Gasteiger partial charge in [-0.3, -0.25) is 0 Å². The van der Waals surface area contributed by atoms with Crippen molar-refractivity contribution in [1.82, 2.24) is 0 Å². The van der Waals surface area contributed by atoms with Crippen LogP contribution in [0.2, 0.25) is 0 Å². The molecule has 0 saturated carbocycles. The quantitative estimate of drug-likeness (QED) is 0.425. The van der Waals surface area contributed by atoms with Crippen LogP contribution in [0.4, 0.5) is 0 Å². The van der Waals surface area contributed by atoms with Crippen molar-refractivity contribution in [2.45, 2.75) is 46.5 Å². The molecule has 0 nitrogen and oxygen atoms in total. The Kier molecular flexibility index (Phi) is 7.38. The molecule has 0 radical (unpaired) electrons. The predicted molar refractivity (Wildman–Crippen MR) is 57.0 cm³/mol. The molecule has 0 heterocycles. The molecule has 0 aliphatic rings. The van der Waals surface area contributed by atoms with Gasteiger partial charge in [0.05, 0.1) is 0 Å². The van der Waals surface area contributed by atoms with Crippen LogP contribution in [0, 0.1) is 11.8 Å². The largest absolute Gasteiger partial charge is 0.137 e. The third-order valence-corrected chi connectivity index (χ3v) is 3.35. The number of hydrogen-bond donors (Lipinski definition) is 0. The van der Waals surface area contributed by atoms with Gasteiger partial charge in [-0.25, -0.2) is 0 Å². The molecule has 3 atom stereocenters. The second-order valence-corrected chi connectivity index (χ2v) is 4.16. The summed E-state index contributed by atoms with van der Waals surface area (Å²) in [4.78, 5) is 0. The monoisotopic (exact) mass is 174 g/mol. The van der Waals surface area contributed by atoms with E-state index in [1.54, 1.807) is 0 Å². The number of rotatable bonds is 6. The van der Waals surface area contributed by atoms with Crippen LogP contribution in [-0.2, 0) is 0 Å². The molecular weight excluding hydrogens is 151 g/mol. The lowest BCUT2D eigenvalue weighted by Gasteiger charge is -2.17. The Labute approximate surface area is 74.4 Å². The summed E-state index contributed by atoms with van der Waals surface area (Å²) in [5, 5.41) is 0. The minimum absolute atomic E-state index is 0.886. The Morgan fingerprint density at radius 3 is 2.18 bits per heavy atom. The van der Waals surface area contributed by atoms with Crippen LogP contribution in [0.5, 0.6) is 0 Å². The molecule has 0 aromatic carbocycles. The van der Waals surface area contributed by atoms with Crippen molar-refractivity contribution in [2.75, 3.05) is 6.16 Å². The molecule has 0 rings (SSSR count). The van der Waals surface area contributed by atoms with E-state index in [1.165, 1.54) is 31.8 Å².